The summed E-state index contributed by atoms with van der Waals surface area (Å²) in [5.41, 5.74) is -2.31. The van der Waals surface area contributed by atoms with Crippen molar-refractivity contribution in [3.8, 4) is 0 Å². The van der Waals surface area contributed by atoms with Crippen LogP contribution >= 0.6 is 20.2 Å². The molecule has 0 aromatic carbocycles. The molecular weight excluding hydrogens is 483 g/mol. The van der Waals surface area contributed by atoms with Crippen LogP contribution in [-0.2, 0) is 23.9 Å². The molecule has 6 nitrogen and oxygen atoms in total. The minimum atomic E-state index is -2.31. The lowest BCUT2D eigenvalue weighted by atomic mass is 10.1. The molecule has 0 amide bonds. The molecule has 208 valence electrons. The minimum absolute atomic E-state index is 0.119. The highest BCUT2D eigenvalue weighted by Gasteiger charge is 2.45. The third-order valence-corrected chi connectivity index (χ3v) is 8.36. The number of hydrogen-bond acceptors (Lipinski definition) is 6. The molecule has 0 aromatic heterocycles. The molecule has 8 heteroatoms. The summed E-state index contributed by atoms with van der Waals surface area (Å²) in [5, 5.41) is 9.69. The molecule has 1 N–H and O–H groups in total. The highest BCUT2D eigenvalue weighted by Crippen LogP contribution is 2.31. The molecule has 0 aliphatic carbocycles. The van der Waals surface area contributed by atoms with Crippen molar-refractivity contribution in [2.75, 3.05) is 12.4 Å². The van der Waals surface area contributed by atoms with Gasteiger partial charge in [0.05, 0.1) is 6.61 Å². The van der Waals surface area contributed by atoms with E-state index in [0.717, 1.165) is 18.6 Å². The number of unbranched alkanes of at least 4 members (excludes halogenated alkanes) is 13. The fourth-order valence-corrected chi connectivity index (χ4v) is 5.49. The van der Waals surface area contributed by atoms with Gasteiger partial charge < -0.3 is 9.84 Å². The second-order valence-electron chi connectivity index (χ2n) is 9.51. The van der Waals surface area contributed by atoms with E-state index >= 15 is 0 Å². The Morgan fingerprint density at radius 1 is 0.829 bits per heavy atom. The molecule has 0 saturated carbocycles. The largest absolute Gasteiger partial charge is 0.477 e. The normalized spacial score (nSPS) is 15.2. The average molecular weight is 537 g/mol. The monoisotopic (exact) mass is 536 g/mol. The summed E-state index contributed by atoms with van der Waals surface area (Å²) in [4.78, 5) is 22.3. The summed E-state index contributed by atoms with van der Waals surface area (Å²) < 4.78 is 16.8. The topological polar surface area (TPSA) is 82.1 Å². The van der Waals surface area contributed by atoms with Crippen LogP contribution in [0.25, 0.3) is 0 Å². The Morgan fingerprint density at radius 2 is 1.34 bits per heavy atom. The molecule has 0 fully saturated rings. The van der Waals surface area contributed by atoms with Gasteiger partial charge >= 0.3 is 11.5 Å². The molecule has 3 unspecified atom stereocenters. The first-order valence-electron chi connectivity index (χ1n) is 14.1. The van der Waals surface area contributed by atoms with E-state index < -0.39 is 20.0 Å². The van der Waals surface area contributed by atoms with Crippen molar-refractivity contribution in [2.24, 2.45) is 0 Å². The smallest absolute Gasteiger partial charge is 0.380 e. The fraction of sp³-hybridized carbons (Fsp3) is 0.963. The number of rotatable bonds is 27. The van der Waals surface area contributed by atoms with Crippen LogP contribution in [0.3, 0.4) is 0 Å². The van der Waals surface area contributed by atoms with Gasteiger partial charge in [-0.1, -0.05) is 111 Å². The minimum Gasteiger partial charge on any atom is -0.477 e. The zero-order chi connectivity index (χ0) is 26.2. The maximum atomic E-state index is 11.7. The molecule has 0 spiro atoms. The molecule has 0 aliphatic heterocycles. The second kappa shape index (κ2) is 24.2. The Bertz CT molecular complexity index is 510. The lowest BCUT2D eigenvalue weighted by molar-refractivity contribution is -0.402. The highest BCUT2D eigenvalue weighted by atomic mass is 32.2. The number of hydrogen-bond donors (Lipinski definition) is 1. The summed E-state index contributed by atoms with van der Waals surface area (Å²) in [5.74, 6) is -0.399. The lowest BCUT2D eigenvalue weighted by Gasteiger charge is -2.27. The van der Waals surface area contributed by atoms with Gasteiger partial charge in [0, 0.05) is 5.25 Å². The number of carboxylic acid groups (broad SMARTS) is 1. The number of carboxylic acids is 1. The molecule has 3 atom stereocenters. The van der Waals surface area contributed by atoms with Gasteiger partial charge in [0.1, 0.15) is 6.10 Å². The van der Waals surface area contributed by atoms with E-state index in [1.807, 2.05) is 25.6 Å². The van der Waals surface area contributed by atoms with Crippen LogP contribution in [0.1, 0.15) is 137 Å². The van der Waals surface area contributed by atoms with Gasteiger partial charge in [0.25, 0.3) is 0 Å². The number of carbonyl (C=O) groups is 1. The van der Waals surface area contributed by atoms with Gasteiger partial charge in [-0.2, -0.15) is 16.6 Å². The van der Waals surface area contributed by atoms with Crippen molar-refractivity contribution in [3.05, 3.63) is 0 Å². The van der Waals surface area contributed by atoms with Crippen LogP contribution in [-0.4, -0.2) is 40.3 Å². The molecule has 0 aromatic rings. The van der Waals surface area contributed by atoms with Crippen LogP contribution in [0.15, 0.2) is 0 Å². The first-order chi connectivity index (χ1) is 17.0. The lowest BCUT2D eigenvalue weighted by Crippen LogP contribution is -2.41. The molecule has 0 radical (unpaired) electrons. The van der Waals surface area contributed by atoms with Crippen molar-refractivity contribution >= 4 is 26.2 Å². The Hall–Kier alpha value is -0.200. The maximum Gasteiger partial charge on any atom is 0.380 e. The summed E-state index contributed by atoms with van der Waals surface area (Å²) in [6.45, 7) is 8.33. The Balaban J connectivity index is 4.51. The average Bonchev–Trinajstić information content (AvgIpc) is 2.85. The second-order valence-corrected chi connectivity index (χ2v) is 11.6. The molecule has 0 aliphatic rings. The zero-order valence-corrected chi connectivity index (χ0v) is 24.6. The third kappa shape index (κ3) is 17.8. The number of thioether (sulfide) groups is 1. The van der Waals surface area contributed by atoms with Gasteiger partial charge in [-0.15, -0.1) is 0 Å². The Kier molecular flexibility index (Phi) is 24.0. The molecule has 35 heavy (non-hydrogen) atoms. The van der Waals surface area contributed by atoms with Crippen molar-refractivity contribution in [3.63, 3.8) is 0 Å². The SMILES string of the molecule is CCCCCCCCCCCCSC(CCCCCCC)C(C)OOC(OCCC)(P=O)C(=O)O. The molecule has 0 saturated heterocycles. The predicted molar refractivity (Wildman–Crippen MR) is 147 cm³/mol. The maximum absolute atomic E-state index is 11.7. The Morgan fingerprint density at radius 3 is 1.83 bits per heavy atom. The summed E-state index contributed by atoms with van der Waals surface area (Å²) >= 11 is 1.88. The first kappa shape index (κ1) is 34.8. The summed E-state index contributed by atoms with van der Waals surface area (Å²) in [6, 6.07) is 0. The van der Waals surface area contributed by atoms with E-state index in [-0.39, 0.29) is 18.0 Å². The molecule has 0 bridgehead atoms. The van der Waals surface area contributed by atoms with E-state index in [0.29, 0.717) is 6.42 Å². The highest BCUT2D eigenvalue weighted by molar-refractivity contribution is 7.99. The van der Waals surface area contributed by atoms with Gasteiger partial charge in [-0.05, 0) is 31.9 Å². The van der Waals surface area contributed by atoms with Gasteiger partial charge in [0.15, 0.2) is 0 Å². The Labute approximate surface area is 221 Å². The van der Waals surface area contributed by atoms with Crippen LogP contribution in [0.5, 0.6) is 0 Å². The van der Waals surface area contributed by atoms with Crippen molar-refractivity contribution in [2.45, 2.75) is 154 Å². The van der Waals surface area contributed by atoms with Crippen LogP contribution in [0.2, 0.25) is 0 Å². The van der Waals surface area contributed by atoms with Crippen LogP contribution in [0.4, 0.5) is 0 Å². The van der Waals surface area contributed by atoms with Gasteiger partial charge in [-0.25, -0.2) is 9.68 Å². The molecular formula is C27H53O6PS. The van der Waals surface area contributed by atoms with Gasteiger partial charge in [-0.3, -0.25) is 4.57 Å². The quantitative estimate of drug-likeness (QED) is 0.0368. The van der Waals surface area contributed by atoms with Crippen molar-refractivity contribution in [1.82, 2.24) is 0 Å². The standard InChI is InChI=1S/C27H53O6PS/c1-5-8-10-12-13-14-15-16-18-20-23-35-25(21-19-17-11-9-6-2)24(4)32-33-27(34-30,26(28)29)31-22-7-3/h24-25H,5-23H2,1-4H3,(H,28,29). The summed E-state index contributed by atoms with van der Waals surface area (Å²) in [7, 11) is -0.783. The zero-order valence-electron chi connectivity index (χ0n) is 22.9. The fourth-order valence-electron chi connectivity index (χ4n) is 3.87. The summed E-state index contributed by atoms with van der Waals surface area (Å²) in [6.07, 6.45) is 20.4. The van der Waals surface area contributed by atoms with Crippen molar-refractivity contribution < 1.29 is 29.0 Å². The first-order valence-corrected chi connectivity index (χ1v) is 16.0. The number of aliphatic carboxylic acids is 1. The van der Waals surface area contributed by atoms with E-state index in [4.69, 9.17) is 14.5 Å². The van der Waals surface area contributed by atoms with E-state index in [9.17, 15) is 14.5 Å². The van der Waals surface area contributed by atoms with E-state index in [2.05, 4.69) is 13.8 Å². The van der Waals surface area contributed by atoms with E-state index in [1.165, 1.54) is 89.9 Å². The molecule has 0 heterocycles. The van der Waals surface area contributed by atoms with Crippen LogP contribution < -0.4 is 0 Å². The van der Waals surface area contributed by atoms with E-state index in [1.54, 1.807) is 0 Å². The third-order valence-electron chi connectivity index (χ3n) is 6.15. The van der Waals surface area contributed by atoms with Crippen molar-refractivity contribution in [1.29, 1.82) is 0 Å². The molecule has 0 rings (SSSR count). The number of ether oxygens (including phenoxy) is 1. The van der Waals surface area contributed by atoms with Crippen LogP contribution in [0, 0.1) is 0 Å². The van der Waals surface area contributed by atoms with Gasteiger partial charge in [0.2, 0.25) is 8.46 Å². The predicted octanol–water partition coefficient (Wildman–Crippen LogP) is 9.16.